The van der Waals surface area contributed by atoms with Gasteiger partial charge < -0.3 is 10.5 Å². The predicted octanol–water partition coefficient (Wildman–Crippen LogP) is 4.94. The molecule has 1 fully saturated rings. The second kappa shape index (κ2) is 6.34. The highest BCUT2D eigenvalue weighted by Crippen LogP contribution is 2.44. The van der Waals surface area contributed by atoms with Gasteiger partial charge in [0.15, 0.2) is 0 Å². The molecule has 1 aliphatic rings. The van der Waals surface area contributed by atoms with Gasteiger partial charge in [0.2, 0.25) is 0 Å². The molecule has 2 nitrogen and oxygen atoms in total. The van der Waals surface area contributed by atoms with Gasteiger partial charge in [-0.25, -0.2) is 0 Å². The topological polar surface area (TPSA) is 35.2 Å². The summed E-state index contributed by atoms with van der Waals surface area (Å²) in [5.74, 6) is -0.129. The molecule has 0 aliphatic heterocycles. The van der Waals surface area contributed by atoms with Crippen LogP contribution in [0, 0.1) is 5.41 Å². The molecule has 0 radical (unpaired) electrons. The molecule has 0 aromatic heterocycles. The van der Waals surface area contributed by atoms with Crippen molar-refractivity contribution in [2.75, 3.05) is 6.54 Å². The molecule has 0 spiro atoms. The molecule has 23 heavy (non-hydrogen) atoms. The normalized spacial score (nSPS) is 17.7. The molecular weight excluding hydrogens is 303 g/mol. The third-order valence-corrected chi connectivity index (χ3v) is 4.86. The maximum atomic E-state index is 12.6. The fourth-order valence-electron chi connectivity index (χ4n) is 3.07. The lowest BCUT2D eigenvalue weighted by Crippen LogP contribution is -2.37. The Labute approximate surface area is 136 Å². The van der Waals surface area contributed by atoms with Gasteiger partial charge in [-0.1, -0.05) is 33.3 Å². The first-order chi connectivity index (χ1) is 10.5. The smallest absolute Gasteiger partial charge is 0.406 e. The van der Waals surface area contributed by atoms with Gasteiger partial charge in [-0.15, -0.1) is 13.2 Å². The van der Waals surface area contributed by atoms with Crippen LogP contribution in [0.4, 0.5) is 13.2 Å². The van der Waals surface area contributed by atoms with E-state index in [-0.39, 0.29) is 16.6 Å². The van der Waals surface area contributed by atoms with E-state index >= 15 is 0 Å². The van der Waals surface area contributed by atoms with Crippen molar-refractivity contribution in [3.8, 4) is 5.75 Å². The van der Waals surface area contributed by atoms with E-state index in [2.05, 4.69) is 4.74 Å². The molecule has 2 N–H and O–H groups in total. The van der Waals surface area contributed by atoms with Crippen LogP contribution in [0.1, 0.15) is 57.6 Å². The minimum absolute atomic E-state index is 0.129. The van der Waals surface area contributed by atoms with Crippen molar-refractivity contribution in [1.29, 1.82) is 0 Å². The zero-order chi connectivity index (χ0) is 17.3. The van der Waals surface area contributed by atoms with Crippen LogP contribution in [-0.4, -0.2) is 12.9 Å². The molecule has 0 heterocycles. The van der Waals surface area contributed by atoms with Crippen molar-refractivity contribution in [3.63, 3.8) is 0 Å². The summed E-state index contributed by atoms with van der Waals surface area (Å²) >= 11 is 0. The minimum Gasteiger partial charge on any atom is -0.406 e. The molecule has 2 rings (SSSR count). The molecule has 0 saturated heterocycles. The fourth-order valence-corrected chi connectivity index (χ4v) is 3.07. The lowest BCUT2D eigenvalue weighted by atomic mass is 9.66. The van der Waals surface area contributed by atoms with E-state index in [1.54, 1.807) is 0 Å². The van der Waals surface area contributed by atoms with Crippen LogP contribution in [0.15, 0.2) is 18.2 Å². The quantitative estimate of drug-likeness (QED) is 0.830. The van der Waals surface area contributed by atoms with Gasteiger partial charge >= 0.3 is 6.36 Å². The Bertz CT molecular complexity index is 537. The fraction of sp³-hybridized carbons (Fsp3) is 0.667. The van der Waals surface area contributed by atoms with E-state index in [9.17, 15) is 13.2 Å². The Morgan fingerprint density at radius 3 is 2.22 bits per heavy atom. The molecule has 5 heteroatoms. The minimum atomic E-state index is -4.67. The third-order valence-electron chi connectivity index (χ3n) is 4.86. The van der Waals surface area contributed by atoms with Crippen molar-refractivity contribution in [2.45, 2.75) is 64.7 Å². The van der Waals surface area contributed by atoms with Crippen LogP contribution in [0.2, 0.25) is 0 Å². The first kappa shape index (κ1) is 18.1. The zero-order valence-corrected chi connectivity index (χ0v) is 14.1. The Hall–Kier alpha value is -1.23. The van der Waals surface area contributed by atoms with E-state index in [1.807, 2.05) is 26.8 Å². The summed E-state index contributed by atoms with van der Waals surface area (Å²) < 4.78 is 41.8. The van der Waals surface area contributed by atoms with Crippen LogP contribution >= 0.6 is 0 Å². The van der Waals surface area contributed by atoms with E-state index < -0.39 is 6.36 Å². The highest BCUT2D eigenvalue weighted by atomic mass is 19.4. The van der Waals surface area contributed by atoms with Gasteiger partial charge in [0.1, 0.15) is 5.75 Å². The van der Waals surface area contributed by atoms with Gasteiger partial charge in [-0.3, -0.25) is 0 Å². The highest BCUT2D eigenvalue weighted by Gasteiger charge is 2.35. The average Bonchev–Trinajstić information content (AvgIpc) is 2.34. The second-order valence-electron chi connectivity index (χ2n) is 7.72. The molecule has 0 bridgehead atoms. The highest BCUT2D eigenvalue weighted by molar-refractivity contribution is 5.38. The van der Waals surface area contributed by atoms with E-state index in [1.165, 1.54) is 18.6 Å². The molecule has 0 unspecified atom stereocenters. The van der Waals surface area contributed by atoms with Gasteiger partial charge in [-0.2, -0.15) is 0 Å². The average molecular weight is 329 g/mol. The Balaban J connectivity index is 2.21. The van der Waals surface area contributed by atoms with Gasteiger partial charge in [0.25, 0.3) is 0 Å². The number of benzene rings is 1. The number of rotatable bonds is 5. The van der Waals surface area contributed by atoms with Crippen LogP contribution in [0.5, 0.6) is 5.75 Å². The third kappa shape index (κ3) is 4.87. The van der Waals surface area contributed by atoms with Gasteiger partial charge in [-0.05, 0) is 66.3 Å². The van der Waals surface area contributed by atoms with Gasteiger partial charge in [0, 0.05) is 0 Å². The summed E-state index contributed by atoms with van der Waals surface area (Å²) in [6, 6.07) is 4.98. The molecule has 1 aliphatic carbocycles. The molecule has 1 aromatic carbocycles. The van der Waals surface area contributed by atoms with E-state index in [0.29, 0.717) is 6.54 Å². The maximum Gasteiger partial charge on any atom is 0.573 e. The SMILES string of the molecule is CC(C)(C)c1cc(CCC2(CN)CCC2)cc(OC(F)(F)F)c1. The number of alkyl halides is 3. The standard InChI is InChI=1S/C18H26F3NO/c1-16(2,3)14-9-13(5-8-17(12-22)6-4-7-17)10-15(11-14)23-18(19,20)21/h9-11H,4-8,12,22H2,1-3H3. The number of nitrogens with two attached hydrogens (primary N) is 1. The Kier molecular flexibility index (Phi) is 5.00. The molecule has 0 amide bonds. The predicted molar refractivity (Wildman–Crippen MR) is 85.5 cm³/mol. The Morgan fingerprint density at radius 2 is 1.78 bits per heavy atom. The van der Waals surface area contributed by atoms with E-state index in [4.69, 9.17) is 5.73 Å². The lowest BCUT2D eigenvalue weighted by Gasteiger charge is -2.41. The number of halogens is 3. The van der Waals surface area contributed by atoms with Crippen LogP contribution in [0.25, 0.3) is 0 Å². The summed E-state index contributed by atoms with van der Waals surface area (Å²) in [5, 5.41) is 0. The lowest BCUT2D eigenvalue weighted by molar-refractivity contribution is -0.274. The van der Waals surface area contributed by atoms with Crippen molar-refractivity contribution in [2.24, 2.45) is 11.1 Å². The summed E-state index contributed by atoms with van der Waals surface area (Å²) in [4.78, 5) is 0. The summed E-state index contributed by atoms with van der Waals surface area (Å²) in [6.07, 6.45) is 0.419. The van der Waals surface area contributed by atoms with E-state index in [0.717, 1.165) is 36.8 Å². The number of aryl methyl sites for hydroxylation is 1. The molecule has 130 valence electrons. The second-order valence-corrected chi connectivity index (χ2v) is 7.72. The Morgan fingerprint density at radius 1 is 1.13 bits per heavy atom. The molecule has 1 aromatic rings. The summed E-state index contributed by atoms with van der Waals surface area (Å²) in [6.45, 7) is 6.60. The van der Waals surface area contributed by atoms with Crippen LogP contribution < -0.4 is 10.5 Å². The maximum absolute atomic E-state index is 12.6. The number of ether oxygens (including phenoxy) is 1. The van der Waals surface area contributed by atoms with Crippen LogP contribution in [0.3, 0.4) is 0 Å². The monoisotopic (exact) mass is 329 g/mol. The zero-order valence-electron chi connectivity index (χ0n) is 14.1. The molecule has 0 atom stereocenters. The molecular formula is C18H26F3NO. The first-order valence-corrected chi connectivity index (χ1v) is 8.13. The van der Waals surface area contributed by atoms with Crippen molar-refractivity contribution in [3.05, 3.63) is 29.3 Å². The van der Waals surface area contributed by atoms with Gasteiger partial charge in [0.05, 0.1) is 0 Å². The first-order valence-electron chi connectivity index (χ1n) is 8.13. The largest absolute Gasteiger partial charge is 0.573 e. The summed E-state index contributed by atoms with van der Waals surface area (Å²) in [5.41, 5.74) is 7.56. The van der Waals surface area contributed by atoms with Crippen LogP contribution in [-0.2, 0) is 11.8 Å². The number of hydrogen-bond acceptors (Lipinski definition) is 2. The molecule has 1 saturated carbocycles. The van der Waals surface area contributed by atoms with Crippen molar-refractivity contribution >= 4 is 0 Å². The van der Waals surface area contributed by atoms with Crippen molar-refractivity contribution in [1.82, 2.24) is 0 Å². The number of hydrogen-bond donors (Lipinski definition) is 1. The van der Waals surface area contributed by atoms with Crippen molar-refractivity contribution < 1.29 is 17.9 Å². The summed E-state index contributed by atoms with van der Waals surface area (Å²) in [7, 11) is 0.